The molecule has 0 saturated carbocycles. The zero-order valence-corrected chi connectivity index (χ0v) is 10.9. The molecule has 0 radical (unpaired) electrons. The van der Waals surface area contributed by atoms with Crippen molar-refractivity contribution in [3.05, 3.63) is 47.9 Å². The number of rotatable bonds is 3. The van der Waals surface area contributed by atoms with Crippen molar-refractivity contribution >= 4 is 17.4 Å². The van der Waals surface area contributed by atoms with Gasteiger partial charge in [-0.25, -0.2) is 9.97 Å². The van der Waals surface area contributed by atoms with E-state index in [0.29, 0.717) is 5.92 Å². The van der Waals surface area contributed by atoms with Crippen molar-refractivity contribution in [2.75, 3.05) is 11.1 Å². The molecule has 1 amide bonds. The van der Waals surface area contributed by atoms with Crippen LogP contribution >= 0.6 is 0 Å². The molecule has 5 heteroatoms. The van der Waals surface area contributed by atoms with E-state index in [9.17, 15) is 4.79 Å². The van der Waals surface area contributed by atoms with Crippen LogP contribution in [0.1, 0.15) is 35.8 Å². The highest BCUT2D eigenvalue weighted by Crippen LogP contribution is 2.24. The normalized spacial score (nSPS) is 10.5. The number of para-hydroxylation sites is 1. The van der Waals surface area contributed by atoms with Gasteiger partial charge >= 0.3 is 0 Å². The number of nitrogens with one attached hydrogen (secondary N) is 1. The monoisotopic (exact) mass is 256 g/mol. The summed E-state index contributed by atoms with van der Waals surface area (Å²) >= 11 is 0. The van der Waals surface area contributed by atoms with Crippen molar-refractivity contribution in [2.45, 2.75) is 19.8 Å². The quantitative estimate of drug-likeness (QED) is 0.883. The lowest BCUT2D eigenvalue weighted by atomic mass is 10.0. The number of hydrogen-bond acceptors (Lipinski definition) is 4. The first-order chi connectivity index (χ1) is 9.09. The summed E-state index contributed by atoms with van der Waals surface area (Å²) in [6, 6.07) is 7.67. The van der Waals surface area contributed by atoms with Gasteiger partial charge < -0.3 is 11.1 Å². The van der Waals surface area contributed by atoms with Gasteiger partial charge in [0.1, 0.15) is 0 Å². The number of nitrogens with two attached hydrogens (primary N) is 1. The number of aromatic nitrogens is 2. The summed E-state index contributed by atoms with van der Waals surface area (Å²) < 4.78 is 0. The highest BCUT2D eigenvalue weighted by molar-refractivity contribution is 6.06. The topological polar surface area (TPSA) is 80.9 Å². The van der Waals surface area contributed by atoms with E-state index in [4.69, 9.17) is 5.73 Å². The largest absolute Gasteiger partial charge is 0.382 e. The third-order valence-corrected chi connectivity index (χ3v) is 2.77. The van der Waals surface area contributed by atoms with E-state index >= 15 is 0 Å². The molecule has 0 spiro atoms. The lowest BCUT2D eigenvalue weighted by Crippen LogP contribution is -2.17. The number of benzene rings is 1. The lowest BCUT2D eigenvalue weighted by molar-refractivity contribution is 0.102. The first-order valence-electron chi connectivity index (χ1n) is 6.06. The standard InChI is InChI=1S/C14H16N4O/c1-9(2)10-5-3-4-6-11(10)18-14(19)12-13(15)17-8-7-16-12/h3-9H,1-2H3,(H2,15,17)(H,18,19). The van der Waals surface area contributed by atoms with E-state index in [2.05, 4.69) is 29.1 Å². The number of anilines is 2. The third kappa shape index (κ3) is 2.88. The summed E-state index contributed by atoms with van der Waals surface area (Å²) in [7, 11) is 0. The fraction of sp³-hybridized carbons (Fsp3) is 0.214. The Labute approximate surface area is 111 Å². The van der Waals surface area contributed by atoms with Crippen LogP contribution in [-0.2, 0) is 0 Å². The van der Waals surface area contributed by atoms with Crippen molar-refractivity contribution in [1.29, 1.82) is 0 Å². The summed E-state index contributed by atoms with van der Waals surface area (Å²) in [5.41, 5.74) is 7.62. The molecule has 1 aromatic heterocycles. The van der Waals surface area contributed by atoms with Crippen LogP contribution in [0.25, 0.3) is 0 Å². The Kier molecular flexibility index (Phi) is 3.75. The third-order valence-electron chi connectivity index (χ3n) is 2.77. The summed E-state index contributed by atoms with van der Waals surface area (Å²) in [4.78, 5) is 19.9. The van der Waals surface area contributed by atoms with Crippen molar-refractivity contribution in [2.24, 2.45) is 0 Å². The smallest absolute Gasteiger partial charge is 0.278 e. The Hall–Kier alpha value is -2.43. The van der Waals surface area contributed by atoms with Crippen LogP contribution in [0.3, 0.4) is 0 Å². The van der Waals surface area contributed by atoms with Gasteiger partial charge in [0.15, 0.2) is 11.5 Å². The van der Waals surface area contributed by atoms with Gasteiger partial charge in [0.05, 0.1) is 0 Å². The molecule has 0 saturated heterocycles. The fourth-order valence-electron chi connectivity index (χ4n) is 1.82. The maximum Gasteiger partial charge on any atom is 0.278 e. The number of nitrogens with zero attached hydrogens (tertiary/aromatic N) is 2. The Morgan fingerprint density at radius 2 is 1.89 bits per heavy atom. The molecule has 98 valence electrons. The van der Waals surface area contributed by atoms with Crippen LogP contribution in [-0.4, -0.2) is 15.9 Å². The number of amides is 1. The van der Waals surface area contributed by atoms with Crippen LogP contribution in [0, 0.1) is 0 Å². The lowest BCUT2D eigenvalue weighted by Gasteiger charge is -2.13. The van der Waals surface area contributed by atoms with Crippen LogP contribution in [0.15, 0.2) is 36.7 Å². The molecular weight excluding hydrogens is 240 g/mol. The second kappa shape index (κ2) is 5.48. The van der Waals surface area contributed by atoms with Gasteiger partial charge in [-0.3, -0.25) is 4.79 Å². The van der Waals surface area contributed by atoms with Crippen LogP contribution in [0.4, 0.5) is 11.5 Å². The number of nitrogen functional groups attached to an aromatic ring is 1. The van der Waals surface area contributed by atoms with Gasteiger partial charge in [0, 0.05) is 18.1 Å². The molecule has 1 heterocycles. The Morgan fingerprint density at radius 3 is 2.58 bits per heavy atom. The van der Waals surface area contributed by atoms with Crippen LogP contribution in [0.5, 0.6) is 0 Å². The molecule has 19 heavy (non-hydrogen) atoms. The van der Waals surface area contributed by atoms with Gasteiger partial charge in [-0.2, -0.15) is 0 Å². The first-order valence-corrected chi connectivity index (χ1v) is 6.06. The minimum absolute atomic E-state index is 0.127. The predicted molar refractivity (Wildman–Crippen MR) is 74.9 cm³/mol. The van der Waals surface area contributed by atoms with Crippen molar-refractivity contribution in [3.63, 3.8) is 0 Å². The second-order valence-corrected chi connectivity index (χ2v) is 4.49. The maximum atomic E-state index is 12.1. The average Bonchev–Trinajstić information content (AvgIpc) is 2.39. The van der Waals surface area contributed by atoms with E-state index in [0.717, 1.165) is 11.3 Å². The van der Waals surface area contributed by atoms with Gasteiger partial charge in [-0.05, 0) is 17.5 Å². The van der Waals surface area contributed by atoms with E-state index in [1.165, 1.54) is 12.4 Å². The Bertz CT molecular complexity index is 596. The van der Waals surface area contributed by atoms with E-state index in [1.54, 1.807) is 0 Å². The molecule has 2 rings (SSSR count). The van der Waals surface area contributed by atoms with Crippen LogP contribution < -0.4 is 11.1 Å². The molecule has 0 fully saturated rings. The predicted octanol–water partition coefficient (Wildman–Crippen LogP) is 2.43. The fourth-order valence-corrected chi connectivity index (χ4v) is 1.82. The summed E-state index contributed by atoms with van der Waals surface area (Å²) in [5, 5.41) is 2.83. The number of carbonyl (C=O) groups excluding carboxylic acids is 1. The zero-order valence-electron chi connectivity index (χ0n) is 10.9. The Balaban J connectivity index is 2.27. The van der Waals surface area contributed by atoms with Gasteiger partial charge in [-0.1, -0.05) is 32.0 Å². The Morgan fingerprint density at radius 1 is 1.21 bits per heavy atom. The molecule has 3 N–H and O–H groups in total. The zero-order chi connectivity index (χ0) is 13.8. The summed E-state index contributed by atoms with van der Waals surface area (Å²) in [6.45, 7) is 4.14. The van der Waals surface area contributed by atoms with Gasteiger partial charge in [0.25, 0.3) is 5.91 Å². The number of carbonyl (C=O) groups is 1. The SMILES string of the molecule is CC(C)c1ccccc1NC(=O)c1nccnc1N. The molecule has 0 aliphatic heterocycles. The minimum atomic E-state index is -0.348. The highest BCUT2D eigenvalue weighted by atomic mass is 16.1. The van der Waals surface area contributed by atoms with E-state index < -0.39 is 0 Å². The van der Waals surface area contributed by atoms with Crippen LogP contribution in [0.2, 0.25) is 0 Å². The molecule has 2 aromatic rings. The molecule has 0 aliphatic rings. The molecule has 1 aromatic carbocycles. The minimum Gasteiger partial charge on any atom is -0.382 e. The van der Waals surface area contributed by atoms with E-state index in [1.807, 2.05) is 24.3 Å². The number of hydrogen-bond donors (Lipinski definition) is 2. The van der Waals surface area contributed by atoms with Crippen molar-refractivity contribution in [1.82, 2.24) is 9.97 Å². The molecule has 0 atom stereocenters. The molecule has 0 bridgehead atoms. The van der Waals surface area contributed by atoms with Crippen molar-refractivity contribution in [3.8, 4) is 0 Å². The molecular formula is C14H16N4O. The van der Waals surface area contributed by atoms with Crippen molar-refractivity contribution < 1.29 is 4.79 Å². The molecule has 0 aliphatic carbocycles. The maximum absolute atomic E-state index is 12.1. The highest BCUT2D eigenvalue weighted by Gasteiger charge is 2.14. The average molecular weight is 256 g/mol. The summed E-state index contributed by atoms with van der Waals surface area (Å²) in [5.74, 6) is 0.0939. The first kappa shape index (κ1) is 13.0. The van der Waals surface area contributed by atoms with Gasteiger partial charge in [0.2, 0.25) is 0 Å². The summed E-state index contributed by atoms with van der Waals surface area (Å²) in [6.07, 6.45) is 2.90. The van der Waals surface area contributed by atoms with E-state index in [-0.39, 0.29) is 17.4 Å². The van der Waals surface area contributed by atoms with Gasteiger partial charge in [-0.15, -0.1) is 0 Å². The molecule has 0 unspecified atom stereocenters. The molecule has 5 nitrogen and oxygen atoms in total. The second-order valence-electron chi connectivity index (χ2n) is 4.49.